The zero-order valence-electron chi connectivity index (χ0n) is 12.0. The van der Waals surface area contributed by atoms with Crippen LogP contribution in [0.5, 0.6) is 0 Å². The Morgan fingerprint density at radius 1 is 1.15 bits per heavy atom. The lowest BCUT2D eigenvalue weighted by Gasteiger charge is -2.43. The lowest BCUT2D eigenvalue weighted by Crippen LogP contribution is -2.48. The molecule has 0 amide bonds. The third-order valence-electron chi connectivity index (χ3n) is 4.77. The molecular weight excluding hydrogens is 258 g/mol. The van der Waals surface area contributed by atoms with Crippen molar-refractivity contribution in [2.75, 3.05) is 26.2 Å². The number of hydrogen-bond donors (Lipinski definition) is 1. The quantitative estimate of drug-likeness (QED) is 0.915. The third kappa shape index (κ3) is 2.47. The molecule has 1 N–H and O–H groups in total. The molecule has 1 aliphatic heterocycles. The first-order valence-electron chi connectivity index (χ1n) is 7.57. The van der Waals surface area contributed by atoms with E-state index in [0.717, 1.165) is 39.0 Å². The fourth-order valence-corrected chi connectivity index (χ4v) is 3.35. The normalized spacial score (nSPS) is 22.6. The zero-order chi connectivity index (χ0) is 14.1. The van der Waals surface area contributed by atoms with E-state index in [-0.39, 0.29) is 6.04 Å². The van der Waals surface area contributed by atoms with Crippen LogP contribution in [0.25, 0.3) is 0 Å². The molecule has 1 aromatic carbocycles. The first-order chi connectivity index (χ1) is 9.68. The van der Waals surface area contributed by atoms with Gasteiger partial charge in [0.25, 0.3) is 0 Å². The van der Waals surface area contributed by atoms with Gasteiger partial charge in [0.2, 0.25) is 0 Å². The van der Waals surface area contributed by atoms with Crippen molar-refractivity contribution in [3.63, 3.8) is 0 Å². The lowest BCUT2D eigenvalue weighted by atomic mass is 9.76. The van der Waals surface area contributed by atoms with Crippen LogP contribution in [-0.4, -0.2) is 31.1 Å². The summed E-state index contributed by atoms with van der Waals surface area (Å²) in [4.78, 5) is 2.33. The molecule has 1 heterocycles. The number of halogens is 2. The molecule has 1 saturated carbocycles. The van der Waals surface area contributed by atoms with Crippen molar-refractivity contribution >= 4 is 0 Å². The Balaban J connectivity index is 1.94. The van der Waals surface area contributed by atoms with Crippen molar-refractivity contribution in [1.82, 2.24) is 10.2 Å². The SMILES string of the molecule is Cc1ccc([C@@H](C2CCC2)N2CCNCC2)c(F)c1F. The van der Waals surface area contributed by atoms with E-state index < -0.39 is 11.6 Å². The molecule has 20 heavy (non-hydrogen) atoms. The van der Waals surface area contributed by atoms with Gasteiger partial charge in [-0.3, -0.25) is 4.90 Å². The highest BCUT2D eigenvalue weighted by molar-refractivity contribution is 5.29. The second-order valence-electron chi connectivity index (χ2n) is 6.02. The summed E-state index contributed by atoms with van der Waals surface area (Å²) < 4.78 is 28.3. The molecule has 2 aliphatic rings. The minimum absolute atomic E-state index is 0.0425. The summed E-state index contributed by atoms with van der Waals surface area (Å²) in [5.74, 6) is -0.841. The maximum absolute atomic E-state index is 14.4. The van der Waals surface area contributed by atoms with E-state index in [1.807, 2.05) is 0 Å². The summed E-state index contributed by atoms with van der Waals surface area (Å²) in [6.07, 6.45) is 3.47. The maximum atomic E-state index is 14.4. The van der Waals surface area contributed by atoms with E-state index in [0.29, 0.717) is 17.0 Å². The Morgan fingerprint density at radius 3 is 2.45 bits per heavy atom. The second-order valence-corrected chi connectivity index (χ2v) is 6.02. The fourth-order valence-electron chi connectivity index (χ4n) is 3.35. The summed E-state index contributed by atoms with van der Waals surface area (Å²) in [5, 5.41) is 3.32. The number of aryl methyl sites for hydroxylation is 1. The molecule has 0 radical (unpaired) electrons. The highest BCUT2D eigenvalue weighted by atomic mass is 19.2. The molecule has 0 bridgehead atoms. The van der Waals surface area contributed by atoms with Gasteiger partial charge in [0, 0.05) is 37.8 Å². The molecule has 0 spiro atoms. The molecule has 110 valence electrons. The molecule has 2 fully saturated rings. The van der Waals surface area contributed by atoms with Crippen LogP contribution in [0.1, 0.15) is 36.4 Å². The smallest absolute Gasteiger partial charge is 0.163 e. The van der Waals surface area contributed by atoms with Gasteiger partial charge < -0.3 is 5.32 Å². The van der Waals surface area contributed by atoms with Crippen molar-refractivity contribution in [2.45, 2.75) is 32.2 Å². The van der Waals surface area contributed by atoms with Gasteiger partial charge in [0.05, 0.1) is 0 Å². The summed E-state index contributed by atoms with van der Waals surface area (Å²) in [6, 6.07) is 3.54. The van der Waals surface area contributed by atoms with E-state index in [4.69, 9.17) is 0 Å². The van der Waals surface area contributed by atoms with Crippen LogP contribution >= 0.6 is 0 Å². The van der Waals surface area contributed by atoms with Crippen molar-refractivity contribution in [1.29, 1.82) is 0 Å². The van der Waals surface area contributed by atoms with Crippen LogP contribution in [0.3, 0.4) is 0 Å². The summed E-state index contributed by atoms with van der Waals surface area (Å²) in [7, 11) is 0. The zero-order valence-corrected chi connectivity index (χ0v) is 12.0. The summed E-state index contributed by atoms with van der Waals surface area (Å²) in [6.45, 7) is 5.30. The molecule has 1 saturated heterocycles. The highest BCUT2D eigenvalue weighted by Crippen LogP contribution is 2.42. The van der Waals surface area contributed by atoms with E-state index >= 15 is 0 Å². The first-order valence-corrected chi connectivity index (χ1v) is 7.57. The predicted octanol–water partition coefficient (Wildman–Crippen LogP) is 3.02. The van der Waals surface area contributed by atoms with Crippen LogP contribution in [0, 0.1) is 24.5 Å². The van der Waals surface area contributed by atoms with Gasteiger partial charge in [-0.15, -0.1) is 0 Å². The number of nitrogens with one attached hydrogen (secondary N) is 1. The summed E-state index contributed by atoms with van der Waals surface area (Å²) >= 11 is 0. The van der Waals surface area contributed by atoms with E-state index in [2.05, 4.69) is 10.2 Å². The van der Waals surface area contributed by atoms with Gasteiger partial charge in [-0.1, -0.05) is 18.6 Å². The standard InChI is InChI=1S/C16H22F2N2/c1-11-5-6-13(15(18)14(11)17)16(12-3-2-4-12)20-9-7-19-8-10-20/h5-6,12,16,19H,2-4,7-10H2,1H3/t16-/m1/s1. The predicted molar refractivity (Wildman–Crippen MR) is 75.6 cm³/mol. The Bertz CT molecular complexity index is 480. The highest BCUT2D eigenvalue weighted by Gasteiger charge is 2.35. The number of piperazine rings is 1. The third-order valence-corrected chi connectivity index (χ3v) is 4.77. The largest absolute Gasteiger partial charge is 0.314 e. The molecular formula is C16H22F2N2. The van der Waals surface area contributed by atoms with Crippen molar-refractivity contribution in [3.05, 3.63) is 34.9 Å². The average molecular weight is 280 g/mol. The van der Waals surface area contributed by atoms with Crippen LogP contribution in [0.2, 0.25) is 0 Å². The molecule has 0 aromatic heterocycles. The van der Waals surface area contributed by atoms with Crippen LogP contribution in [-0.2, 0) is 0 Å². The second kappa shape index (κ2) is 5.78. The molecule has 1 aromatic rings. The van der Waals surface area contributed by atoms with Crippen molar-refractivity contribution in [2.24, 2.45) is 5.92 Å². The van der Waals surface area contributed by atoms with Crippen LogP contribution in [0.15, 0.2) is 12.1 Å². The number of nitrogens with zero attached hydrogens (tertiary/aromatic N) is 1. The molecule has 4 heteroatoms. The topological polar surface area (TPSA) is 15.3 Å². The molecule has 1 aliphatic carbocycles. The molecule has 0 unspecified atom stereocenters. The van der Waals surface area contributed by atoms with Crippen LogP contribution < -0.4 is 5.32 Å². The summed E-state index contributed by atoms with van der Waals surface area (Å²) in [5.41, 5.74) is 0.943. The maximum Gasteiger partial charge on any atom is 0.163 e. The molecule has 1 atom stereocenters. The average Bonchev–Trinajstić information content (AvgIpc) is 2.42. The van der Waals surface area contributed by atoms with Gasteiger partial charge in [0.1, 0.15) is 0 Å². The van der Waals surface area contributed by atoms with Gasteiger partial charge in [-0.25, -0.2) is 8.78 Å². The van der Waals surface area contributed by atoms with Gasteiger partial charge in [-0.05, 0) is 31.2 Å². The van der Waals surface area contributed by atoms with Crippen molar-refractivity contribution < 1.29 is 8.78 Å². The molecule has 2 nitrogen and oxygen atoms in total. The van der Waals surface area contributed by atoms with E-state index in [1.165, 1.54) is 6.42 Å². The monoisotopic (exact) mass is 280 g/mol. The van der Waals surface area contributed by atoms with Gasteiger partial charge in [0.15, 0.2) is 11.6 Å². The minimum Gasteiger partial charge on any atom is -0.314 e. The Labute approximate surface area is 119 Å². The van der Waals surface area contributed by atoms with E-state index in [9.17, 15) is 8.78 Å². The number of benzene rings is 1. The Hall–Kier alpha value is -1.00. The number of rotatable bonds is 3. The van der Waals surface area contributed by atoms with Gasteiger partial charge in [-0.2, -0.15) is 0 Å². The van der Waals surface area contributed by atoms with Crippen LogP contribution in [0.4, 0.5) is 8.78 Å². The fraction of sp³-hybridized carbons (Fsp3) is 0.625. The first kappa shape index (κ1) is 14.0. The Morgan fingerprint density at radius 2 is 1.85 bits per heavy atom. The minimum atomic E-state index is -0.679. The Kier molecular flexibility index (Phi) is 4.03. The van der Waals surface area contributed by atoms with E-state index in [1.54, 1.807) is 19.1 Å². The van der Waals surface area contributed by atoms with Crippen molar-refractivity contribution in [3.8, 4) is 0 Å². The lowest BCUT2D eigenvalue weighted by molar-refractivity contribution is 0.0806. The molecule has 3 rings (SSSR count). The van der Waals surface area contributed by atoms with Gasteiger partial charge >= 0.3 is 0 Å². The number of hydrogen-bond acceptors (Lipinski definition) is 2.